The first-order valence-corrected chi connectivity index (χ1v) is 8.01. The number of nitrogens with one attached hydrogen (secondary N) is 1. The van der Waals surface area contributed by atoms with Crippen molar-refractivity contribution in [2.75, 3.05) is 20.6 Å². The maximum atomic E-state index is 12.3. The molecule has 0 aliphatic heterocycles. The van der Waals surface area contributed by atoms with Gasteiger partial charge in [0.1, 0.15) is 6.54 Å². The molecule has 2 aromatic rings. The van der Waals surface area contributed by atoms with E-state index < -0.39 is 0 Å². The van der Waals surface area contributed by atoms with E-state index in [-0.39, 0.29) is 18.5 Å². The molecule has 2 rings (SSSR count). The summed E-state index contributed by atoms with van der Waals surface area (Å²) in [5.41, 5.74) is 2.03. The maximum absolute atomic E-state index is 12.3. The number of carbonyl (C=O) groups excluding carboxylic acids is 1. The van der Waals surface area contributed by atoms with Gasteiger partial charge in [0.2, 0.25) is 5.91 Å². The molecular formula is C17H23ClN4O. The first-order valence-electron chi connectivity index (χ1n) is 7.63. The van der Waals surface area contributed by atoms with Gasteiger partial charge in [-0.3, -0.25) is 9.48 Å². The number of hydrogen-bond donors (Lipinski definition) is 1. The van der Waals surface area contributed by atoms with Crippen LogP contribution in [0.2, 0.25) is 5.02 Å². The molecule has 0 bridgehead atoms. The molecule has 5 nitrogen and oxygen atoms in total. The molecule has 1 aromatic carbocycles. The molecule has 1 N–H and O–H groups in total. The van der Waals surface area contributed by atoms with Gasteiger partial charge in [-0.25, -0.2) is 0 Å². The number of rotatable bonds is 7. The SMILES string of the molecule is Cc1ccnn1CC(=O)NC(CCN(C)C)c1ccc(Cl)cc1. The van der Waals surface area contributed by atoms with Gasteiger partial charge in [-0.1, -0.05) is 23.7 Å². The molecule has 0 aliphatic carbocycles. The quantitative estimate of drug-likeness (QED) is 0.847. The summed E-state index contributed by atoms with van der Waals surface area (Å²) in [6, 6.07) is 9.46. The Kier molecular flexibility index (Phi) is 6.19. The topological polar surface area (TPSA) is 50.2 Å². The van der Waals surface area contributed by atoms with Crippen molar-refractivity contribution in [2.45, 2.75) is 25.9 Å². The molecular weight excluding hydrogens is 312 g/mol. The lowest BCUT2D eigenvalue weighted by atomic mass is 10.0. The first kappa shape index (κ1) is 17.5. The zero-order valence-electron chi connectivity index (χ0n) is 13.8. The highest BCUT2D eigenvalue weighted by atomic mass is 35.5. The van der Waals surface area contributed by atoms with Crippen molar-refractivity contribution in [3.05, 3.63) is 52.8 Å². The molecule has 6 heteroatoms. The van der Waals surface area contributed by atoms with Crippen LogP contribution in [0, 0.1) is 6.92 Å². The number of hydrogen-bond acceptors (Lipinski definition) is 3. The lowest BCUT2D eigenvalue weighted by Crippen LogP contribution is -2.33. The van der Waals surface area contributed by atoms with Gasteiger partial charge in [0.25, 0.3) is 0 Å². The van der Waals surface area contributed by atoms with E-state index in [2.05, 4.69) is 15.3 Å². The van der Waals surface area contributed by atoms with E-state index in [4.69, 9.17) is 11.6 Å². The van der Waals surface area contributed by atoms with Crippen LogP contribution < -0.4 is 5.32 Å². The van der Waals surface area contributed by atoms with Crippen LogP contribution >= 0.6 is 11.6 Å². The molecule has 1 amide bonds. The Bertz CT molecular complexity index is 636. The second-order valence-corrected chi connectivity index (χ2v) is 6.33. The zero-order chi connectivity index (χ0) is 16.8. The lowest BCUT2D eigenvalue weighted by Gasteiger charge is -2.21. The summed E-state index contributed by atoms with van der Waals surface area (Å²) in [5, 5.41) is 7.95. The van der Waals surface area contributed by atoms with Crippen LogP contribution in [0.15, 0.2) is 36.5 Å². The molecule has 0 saturated carbocycles. The number of nitrogens with zero attached hydrogens (tertiary/aromatic N) is 3. The van der Waals surface area contributed by atoms with Crippen LogP contribution in [0.25, 0.3) is 0 Å². The molecule has 1 atom stereocenters. The highest BCUT2D eigenvalue weighted by Crippen LogP contribution is 2.19. The van der Waals surface area contributed by atoms with Crippen LogP contribution in [0.4, 0.5) is 0 Å². The van der Waals surface area contributed by atoms with E-state index in [1.165, 1.54) is 0 Å². The van der Waals surface area contributed by atoms with Crippen molar-refractivity contribution >= 4 is 17.5 Å². The van der Waals surface area contributed by atoms with E-state index in [0.29, 0.717) is 5.02 Å². The summed E-state index contributed by atoms with van der Waals surface area (Å²) in [5.74, 6) is -0.0458. The number of benzene rings is 1. The number of aromatic nitrogens is 2. The molecule has 23 heavy (non-hydrogen) atoms. The van der Waals surface area contributed by atoms with Crippen LogP contribution in [0.1, 0.15) is 23.7 Å². The average Bonchev–Trinajstić information content (AvgIpc) is 2.89. The lowest BCUT2D eigenvalue weighted by molar-refractivity contribution is -0.122. The molecule has 0 spiro atoms. The number of amides is 1. The Labute approximate surface area is 142 Å². The minimum atomic E-state index is -0.0458. The molecule has 0 aliphatic rings. The molecule has 0 saturated heterocycles. The van der Waals surface area contributed by atoms with Gasteiger partial charge in [-0.05, 0) is 57.7 Å². The van der Waals surface area contributed by atoms with Gasteiger partial charge in [0, 0.05) is 16.9 Å². The molecule has 124 valence electrons. The predicted octanol–water partition coefficient (Wildman–Crippen LogP) is 2.65. The zero-order valence-corrected chi connectivity index (χ0v) is 14.5. The fourth-order valence-corrected chi connectivity index (χ4v) is 2.47. The van der Waals surface area contributed by atoms with Gasteiger partial charge < -0.3 is 10.2 Å². The Hall–Kier alpha value is -1.85. The van der Waals surface area contributed by atoms with Gasteiger partial charge in [0.05, 0.1) is 6.04 Å². The van der Waals surface area contributed by atoms with Crippen molar-refractivity contribution in [3.8, 4) is 0 Å². The smallest absolute Gasteiger partial charge is 0.242 e. The van der Waals surface area contributed by atoms with Gasteiger partial charge >= 0.3 is 0 Å². The van der Waals surface area contributed by atoms with Crippen LogP contribution in [-0.4, -0.2) is 41.2 Å². The summed E-state index contributed by atoms with van der Waals surface area (Å²) in [6.07, 6.45) is 2.53. The minimum absolute atomic E-state index is 0.0435. The molecule has 1 unspecified atom stereocenters. The van der Waals surface area contributed by atoms with Gasteiger partial charge in [0.15, 0.2) is 0 Å². The monoisotopic (exact) mass is 334 g/mol. The summed E-state index contributed by atoms with van der Waals surface area (Å²) in [6.45, 7) is 3.04. The molecule has 1 heterocycles. The summed E-state index contributed by atoms with van der Waals surface area (Å²) >= 11 is 5.95. The second-order valence-electron chi connectivity index (χ2n) is 5.89. The third-order valence-corrected chi connectivity index (χ3v) is 3.95. The standard InChI is InChI=1S/C17H23ClN4O/c1-13-8-10-19-22(13)12-17(23)20-16(9-11-21(2)3)14-4-6-15(18)7-5-14/h4-8,10,16H,9,11-12H2,1-3H3,(H,20,23). The summed E-state index contributed by atoms with van der Waals surface area (Å²) in [4.78, 5) is 14.5. The number of aryl methyl sites for hydroxylation is 1. The van der Waals surface area contributed by atoms with Crippen molar-refractivity contribution < 1.29 is 4.79 Å². The Morgan fingerprint density at radius 3 is 2.57 bits per heavy atom. The van der Waals surface area contributed by atoms with Crippen molar-refractivity contribution in [3.63, 3.8) is 0 Å². The number of carbonyl (C=O) groups is 1. The summed E-state index contributed by atoms with van der Waals surface area (Å²) in [7, 11) is 4.04. The Morgan fingerprint density at radius 2 is 2.00 bits per heavy atom. The minimum Gasteiger partial charge on any atom is -0.348 e. The fourth-order valence-electron chi connectivity index (χ4n) is 2.34. The molecule has 0 fully saturated rings. The van der Waals surface area contributed by atoms with Gasteiger partial charge in [-0.2, -0.15) is 5.10 Å². The van der Waals surface area contributed by atoms with Gasteiger partial charge in [-0.15, -0.1) is 0 Å². The van der Waals surface area contributed by atoms with Crippen molar-refractivity contribution in [1.29, 1.82) is 0 Å². The van der Waals surface area contributed by atoms with Crippen LogP contribution in [0.3, 0.4) is 0 Å². The Balaban J connectivity index is 2.05. The van der Waals surface area contributed by atoms with E-state index in [0.717, 1.165) is 24.2 Å². The normalized spacial score (nSPS) is 12.4. The third kappa shape index (κ3) is 5.37. The average molecular weight is 335 g/mol. The summed E-state index contributed by atoms with van der Waals surface area (Å²) < 4.78 is 1.69. The van der Waals surface area contributed by atoms with E-state index >= 15 is 0 Å². The number of halogens is 1. The highest BCUT2D eigenvalue weighted by molar-refractivity contribution is 6.30. The maximum Gasteiger partial charge on any atom is 0.242 e. The largest absolute Gasteiger partial charge is 0.348 e. The van der Waals surface area contributed by atoms with E-state index in [9.17, 15) is 4.79 Å². The van der Waals surface area contributed by atoms with Crippen molar-refractivity contribution in [2.24, 2.45) is 0 Å². The predicted molar refractivity (Wildman–Crippen MR) is 92.5 cm³/mol. The second kappa shape index (κ2) is 8.13. The Morgan fingerprint density at radius 1 is 1.30 bits per heavy atom. The van der Waals surface area contributed by atoms with Crippen LogP contribution in [-0.2, 0) is 11.3 Å². The molecule has 0 radical (unpaired) electrons. The molecule has 1 aromatic heterocycles. The van der Waals surface area contributed by atoms with E-state index in [1.807, 2.05) is 51.4 Å². The third-order valence-electron chi connectivity index (χ3n) is 3.69. The van der Waals surface area contributed by atoms with Crippen LogP contribution in [0.5, 0.6) is 0 Å². The fraction of sp³-hybridized carbons (Fsp3) is 0.412. The first-order chi connectivity index (χ1) is 11.0. The van der Waals surface area contributed by atoms with Crippen molar-refractivity contribution in [1.82, 2.24) is 20.0 Å². The highest BCUT2D eigenvalue weighted by Gasteiger charge is 2.16. The van der Waals surface area contributed by atoms with E-state index in [1.54, 1.807) is 10.9 Å².